The zero-order chi connectivity index (χ0) is 15.7. The molecule has 0 aliphatic rings. The smallest absolute Gasteiger partial charge is 0.131 e. The maximum absolute atomic E-state index is 6.34. The second-order valence-corrected chi connectivity index (χ2v) is 6.83. The van der Waals surface area contributed by atoms with Gasteiger partial charge in [-0.05, 0) is 24.1 Å². The Labute approximate surface area is 136 Å². The molecule has 0 fully saturated rings. The molecule has 114 valence electrons. The van der Waals surface area contributed by atoms with Crippen LogP contribution in [0.3, 0.4) is 0 Å². The van der Waals surface area contributed by atoms with Gasteiger partial charge in [-0.3, -0.25) is 0 Å². The van der Waals surface area contributed by atoms with Crippen molar-refractivity contribution >= 4 is 29.0 Å². The monoisotopic (exact) mass is 325 g/mol. The van der Waals surface area contributed by atoms with Gasteiger partial charge in [-0.1, -0.05) is 50.9 Å². The third kappa shape index (κ3) is 3.35. The first-order valence-corrected chi connectivity index (χ1v) is 7.88. The fraction of sp³-hybridized carbons (Fsp3) is 0.438. The van der Waals surface area contributed by atoms with Crippen LogP contribution in [0.4, 0.5) is 5.82 Å². The molecule has 2 N–H and O–H groups in total. The maximum Gasteiger partial charge on any atom is 0.131 e. The fourth-order valence-corrected chi connectivity index (χ4v) is 2.74. The molecule has 0 bridgehead atoms. The minimum absolute atomic E-state index is 0.290. The molecule has 0 saturated carbocycles. The highest BCUT2D eigenvalue weighted by Crippen LogP contribution is 2.35. The zero-order valence-corrected chi connectivity index (χ0v) is 14.3. The molecule has 1 aromatic heterocycles. The number of halogens is 2. The Hall–Kier alpha value is -1.19. The number of rotatable bonds is 4. The zero-order valence-electron chi connectivity index (χ0n) is 12.8. The minimum atomic E-state index is 0.290. The van der Waals surface area contributed by atoms with Gasteiger partial charge in [0.2, 0.25) is 0 Å². The standard InChI is InChI=1S/C16H21Cl2N3/c1-9(2)8-21-15(19)14(20-16(21)10(3)4)12-7-11(17)5-6-13(12)18/h5-7,9-10H,8,19H2,1-4H3. The molecule has 1 aromatic carbocycles. The van der Waals surface area contributed by atoms with Crippen LogP contribution in [0.5, 0.6) is 0 Å². The SMILES string of the molecule is CC(C)Cn1c(C(C)C)nc(-c2cc(Cl)ccc2Cl)c1N. The largest absolute Gasteiger partial charge is 0.383 e. The highest BCUT2D eigenvalue weighted by atomic mass is 35.5. The van der Waals surface area contributed by atoms with Crippen LogP contribution >= 0.6 is 23.2 Å². The summed E-state index contributed by atoms with van der Waals surface area (Å²) in [4.78, 5) is 4.73. The number of hydrogen-bond acceptors (Lipinski definition) is 2. The molecule has 0 radical (unpaired) electrons. The quantitative estimate of drug-likeness (QED) is 0.837. The van der Waals surface area contributed by atoms with Crippen LogP contribution in [0.1, 0.15) is 39.4 Å². The number of nitrogens with two attached hydrogens (primary N) is 1. The topological polar surface area (TPSA) is 43.8 Å². The van der Waals surface area contributed by atoms with Gasteiger partial charge < -0.3 is 10.3 Å². The number of hydrogen-bond donors (Lipinski definition) is 1. The number of anilines is 1. The van der Waals surface area contributed by atoms with Crippen molar-refractivity contribution in [2.24, 2.45) is 5.92 Å². The summed E-state index contributed by atoms with van der Waals surface area (Å²) in [5.41, 5.74) is 7.84. The molecule has 0 atom stereocenters. The van der Waals surface area contributed by atoms with Gasteiger partial charge in [0.15, 0.2) is 0 Å². The first-order valence-electron chi connectivity index (χ1n) is 7.12. The lowest BCUT2D eigenvalue weighted by Gasteiger charge is -2.14. The summed E-state index contributed by atoms with van der Waals surface area (Å²) >= 11 is 12.4. The lowest BCUT2D eigenvalue weighted by molar-refractivity contribution is 0.502. The summed E-state index contributed by atoms with van der Waals surface area (Å²) in [5.74, 6) is 2.41. The van der Waals surface area contributed by atoms with Crippen LogP contribution < -0.4 is 5.73 Å². The van der Waals surface area contributed by atoms with Crippen molar-refractivity contribution in [2.75, 3.05) is 5.73 Å². The molecule has 21 heavy (non-hydrogen) atoms. The predicted octanol–water partition coefficient (Wildman–Crippen LogP) is 5.22. The third-order valence-corrected chi connectivity index (χ3v) is 3.85. The van der Waals surface area contributed by atoms with E-state index in [4.69, 9.17) is 33.9 Å². The van der Waals surface area contributed by atoms with Gasteiger partial charge in [0.05, 0.1) is 5.02 Å². The van der Waals surface area contributed by atoms with Crippen LogP contribution in [0.2, 0.25) is 10.0 Å². The molecule has 0 aliphatic heterocycles. The van der Waals surface area contributed by atoms with E-state index in [9.17, 15) is 0 Å². The molecular weight excluding hydrogens is 305 g/mol. The summed E-state index contributed by atoms with van der Waals surface area (Å²) in [7, 11) is 0. The lowest BCUT2D eigenvalue weighted by atomic mass is 10.1. The van der Waals surface area contributed by atoms with Crippen LogP contribution in [-0.4, -0.2) is 9.55 Å². The number of aromatic nitrogens is 2. The summed E-state index contributed by atoms with van der Waals surface area (Å²) in [5, 5.41) is 1.23. The molecule has 1 heterocycles. The Morgan fingerprint density at radius 3 is 2.43 bits per heavy atom. The molecule has 5 heteroatoms. The van der Waals surface area contributed by atoms with Gasteiger partial charge in [-0.25, -0.2) is 4.98 Å². The summed E-state index contributed by atoms with van der Waals surface area (Å²) < 4.78 is 2.09. The summed E-state index contributed by atoms with van der Waals surface area (Å²) in [6.45, 7) is 9.39. The second kappa shape index (κ2) is 6.29. The summed E-state index contributed by atoms with van der Waals surface area (Å²) in [6.07, 6.45) is 0. The van der Waals surface area contributed by atoms with Crippen molar-refractivity contribution in [1.29, 1.82) is 0 Å². The number of nitrogen functional groups attached to an aromatic ring is 1. The van der Waals surface area contributed by atoms with E-state index in [-0.39, 0.29) is 5.92 Å². The summed E-state index contributed by atoms with van der Waals surface area (Å²) in [6, 6.07) is 5.35. The van der Waals surface area contributed by atoms with E-state index in [0.717, 1.165) is 17.9 Å². The van der Waals surface area contributed by atoms with Crippen molar-refractivity contribution in [2.45, 2.75) is 40.2 Å². The Kier molecular flexibility index (Phi) is 4.84. The van der Waals surface area contributed by atoms with Gasteiger partial charge in [0.1, 0.15) is 17.3 Å². The predicted molar refractivity (Wildman–Crippen MR) is 91.0 cm³/mol. The molecule has 2 rings (SSSR count). The number of nitrogens with zero attached hydrogens (tertiary/aromatic N) is 2. The fourth-order valence-electron chi connectivity index (χ4n) is 2.36. The molecule has 0 saturated heterocycles. The van der Waals surface area contributed by atoms with E-state index < -0.39 is 0 Å². The van der Waals surface area contributed by atoms with Gasteiger partial charge in [0.25, 0.3) is 0 Å². The van der Waals surface area contributed by atoms with Crippen molar-refractivity contribution < 1.29 is 0 Å². The first-order chi connectivity index (χ1) is 9.81. The minimum Gasteiger partial charge on any atom is -0.383 e. The number of imidazole rings is 1. The highest BCUT2D eigenvalue weighted by Gasteiger charge is 2.20. The third-order valence-electron chi connectivity index (χ3n) is 3.28. The Morgan fingerprint density at radius 1 is 1.19 bits per heavy atom. The Morgan fingerprint density at radius 2 is 1.86 bits per heavy atom. The van der Waals surface area contributed by atoms with Gasteiger partial charge >= 0.3 is 0 Å². The molecule has 2 aromatic rings. The van der Waals surface area contributed by atoms with Gasteiger partial charge in [0, 0.05) is 23.0 Å². The maximum atomic E-state index is 6.34. The van der Waals surface area contributed by atoms with Crippen LogP contribution in [0, 0.1) is 5.92 Å². The second-order valence-electron chi connectivity index (χ2n) is 5.99. The highest BCUT2D eigenvalue weighted by molar-refractivity contribution is 6.35. The van der Waals surface area contributed by atoms with Gasteiger partial charge in [-0.15, -0.1) is 0 Å². The Balaban J connectivity index is 2.62. The molecule has 0 unspecified atom stereocenters. The van der Waals surface area contributed by atoms with Crippen LogP contribution in [0.15, 0.2) is 18.2 Å². The van der Waals surface area contributed by atoms with E-state index >= 15 is 0 Å². The van der Waals surface area contributed by atoms with Crippen molar-refractivity contribution in [3.63, 3.8) is 0 Å². The average Bonchev–Trinajstić information content (AvgIpc) is 2.70. The van der Waals surface area contributed by atoms with Crippen LogP contribution in [-0.2, 0) is 6.54 Å². The molecule has 3 nitrogen and oxygen atoms in total. The van der Waals surface area contributed by atoms with Crippen molar-refractivity contribution in [3.8, 4) is 11.3 Å². The first kappa shape index (κ1) is 16.2. The average molecular weight is 326 g/mol. The van der Waals surface area contributed by atoms with Crippen LogP contribution in [0.25, 0.3) is 11.3 Å². The number of benzene rings is 1. The molecule has 0 amide bonds. The van der Waals surface area contributed by atoms with E-state index in [2.05, 4.69) is 32.3 Å². The van der Waals surface area contributed by atoms with E-state index in [1.807, 2.05) is 6.07 Å². The molecular formula is C16H21Cl2N3. The van der Waals surface area contributed by atoms with E-state index in [0.29, 0.717) is 27.5 Å². The lowest BCUT2D eigenvalue weighted by Crippen LogP contribution is -2.12. The van der Waals surface area contributed by atoms with E-state index in [1.54, 1.807) is 12.1 Å². The van der Waals surface area contributed by atoms with E-state index in [1.165, 1.54) is 0 Å². The normalized spacial score (nSPS) is 11.6. The van der Waals surface area contributed by atoms with Crippen molar-refractivity contribution in [3.05, 3.63) is 34.1 Å². The van der Waals surface area contributed by atoms with Crippen molar-refractivity contribution in [1.82, 2.24) is 9.55 Å². The van der Waals surface area contributed by atoms with Gasteiger partial charge in [-0.2, -0.15) is 0 Å². The Bertz CT molecular complexity index is 645. The molecule has 0 aliphatic carbocycles. The molecule has 0 spiro atoms.